The minimum absolute atomic E-state index is 0.00240. The Morgan fingerprint density at radius 1 is 0.969 bits per heavy atom. The Bertz CT molecular complexity index is 2250. The highest BCUT2D eigenvalue weighted by Crippen LogP contribution is 2.55. The predicted molar refractivity (Wildman–Crippen MR) is 225 cm³/mol. The number of carbonyl (C=O) groups is 4. The molecule has 9 rings (SSSR count). The normalized spacial score (nSPS) is 25.4. The molecule has 0 amide bonds. The van der Waals surface area contributed by atoms with Gasteiger partial charge in [0.1, 0.15) is 16.9 Å². The molecule has 0 aromatic heterocycles. The molecule has 4 bridgehead atoms. The molecule has 6 aliphatic carbocycles. The number of rotatable bonds is 11. The van der Waals surface area contributed by atoms with Crippen LogP contribution >= 0.6 is 11.8 Å². The average molecular weight is 937 g/mol. The van der Waals surface area contributed by atoms with Crippen LogP contribution in [0.3, 0.4) is 0 Å². The Hall–Kier alpha value is -4.35. The summed E-state index contributed by atoms with van der Waals surface area (Å²) in [7, 11) is -5.08. The van der Waals surface area contributed by atoms with Crippen molar-refractivity contribution in [3.63, 3.8) is 0 Å². The fourth-order valence-electron chi connectivity index (χ4n) is 10.2. The van der Waals surface area contributed by atoms with Crippen molar-refractivity contribution in [1.82, 2.24) is 0 Å². The van der Waals surface area contributed by atoms with Crippen molar-refractivity contribution in [2.75, 3.05) is 13.7 Å². The molecule has 1 N–H and O–H groups in total. The molecule has 5 fully saturated rings. The van der Waals surface area contributed by atoms with Gasteiger partial charge in [-0.25, -0.2) is 22.8 Å². The summed E-state index contributed by atoms with van der Waals surface area (Å²) in [5.74, 6) is -4.83. The number of methoxy groups -OCH3 is 1. The molecule has 1 aliphatic heterocycles. The first-order valence-corrected chi connectivity index (χ1v) is 23.6. The van der Waals surface area contributed by atoms with Crippen molar-refractivity contribution >= 4 is 45.6 Å². The van der Waals surface area contributed by atoms with E-state index in [1.165, 1.54) is 26.4 Å². The van der Waals surface area contributed by atoms with Gasteiger partial charge in [0.05, 0.1) is 29.6 Å². The molecular weight excluding hydrogens is 885 g/mol. The SMILES string of the molecule is CC(=O)OC(C)C(F)(F)C(F)(F)S(=O)(=O)[O-].CCC1(OC(=O)COC(=O)c2cccc(-c3cccc4c3SC3CC=C[C+]=C3C4=O)c2OC)CCCC1.OC12CC3CC(CC(C3)C1)C2. The number of hydrogen-bond donors (Lipinski definition) is 1. The summed E-state index contributed by atoms with van der Waals surface area (Å²) in [5, 5.41) is 4.25. The van der Waals surface area contributed by atoms with Crippen molar-refractivity contribution in [1.29, 1.82) is 0 Å². The second-order valence-corrected chi connectivity index (χ2v) is 20.1. The molecule has 348 valence electrons. The Morgan fingerprint density at radius 3 is 2.09 bits per heavy atom. The summed E-state index contributed by atoms with van der Waals surface area (Å²) < 4.78 is 101. The third kappa shape index (κ3) is 10.4. The first-order valence-electron chi connectivity index (χ1n) is 21.3. The number of aliphatic hydroxyl groups is 1. The molecule has 0 radical (unpaired) electrons. The standard InChI is InChI=1S/C30H29O6S.C10H16O.C6H8F4O5S/c1-3-30(16-6-7-17-30)36-25(31)18-35-29(33)23-14-8-11-19(27(23)34-2)20-12-9-13-22-26(32)21-10-4-5-15-24(21)37-28(20)22;11-10-4-7-1-8(5-10)3-9(2-7)6-10;1-3(15-4(2)11)5(7,8)6(9,10)16(12,13)14/h4-5,8-9,11-14,24H,3,6-7,15-18H2,1-2H3;7-9,11H,1-6H2;3H,1-2H3,(H,12,13,14)/q+1;;/p-1. The van der Waals surface area contributed by atoms with E-state index >= 15 is 0 Å². The van der Waals surface area contributed by atoms with Crippen molar-refractivity contribution in [2.45, 2.75) is 136 Å². The Morgan fingerprint density at radius 2 is 1.55 bits per heavy atom. The smallest absolute Gasteiger partial charge is 0.400 e. The molecule has 12 nitrogen and oxygen atoms in total. The van der Waals surface area contributed by atoms with E-state index in [1.54, 1.807) is 23.9 Å². The van der Waals surface area contributed by atoms with Gasteiger partial charge in [-0.3, -0.25) is 4.79 Å². The first kappa shape index (κ1) is 49.1. The molecule has 7 aliphatic rings. The number of carbonyl (C=O) groups excluding carboxylic acids is 4. The maximum Gasteiger partial charge on any atom is 0.400 e. The molecule has 1 heterocycles. The Balaban J connectivity index is 0.000000205. The molecule has 2 aromatic rings. The van der Waals surface area contributed by atoms with E-state index in [-0.39, 0.29) is 22.2 Å². The van der Waals surface area contributed by atoms with E-state index in [9.17, 15) is 54.8 Å². The van der Waals surface area contributed by atoms with Crippen LogP contribution in [-0.2, 0) is 33.9 Å². The predicted octanol–water partition coefficient (Wildman–Crippen LogP) is 8.79. The number of ether oxygens (including phenoxy) is 4. The quantitative estimate of drug-likeness (QED) is 0.0743. The van der Waals surface area contributed by atoms with Gasteiger partial charge in [-0.05, 0) is 107 Å². The number of allylic oxidation sites excluding steroid dienone is 3. The second kappa shape index (κ2) is 19.2. The molecular formula is C46H52F4O12S2. The van der Waals surface area contributed by atoms with Crippen LogP contribution in [0.4, 0.5) is 17.6 Å². The number of thioether (sulfide) groups is 1. The summed E-state index contributed by atoms with van der Waals surface area (Å²) in [5.41, 5.74) is 2.36. The summed E-state index contributed by atoms with van der Waals surface area (Å²) >= 11 is 1.63. The highest BCUT2D eigenvalue weighted by Gasteiger charge is 2.66. The number of esters is 3. The zero-order valence-electron chi connectivity index (χ0n) is 36.0. The van der Waals surface area contributed by atoms with Gasteiger partial charge < -0.3 is 28.6 Å². The lowest BCUT2D eigenvalue weighted by Gasteiger charge is -2.54. The maximum atomic E-state index is 13.2. The zero-order chi connectivity index (χ0) is 46.8. The van der Waals surface area contributed by atoms with Crippen molar-refractivity contribution in [2.24, 2.45) is 17.8 Å². The number of benzene rings is 2. The number of halogens is 4. The van der Waals surface area contributed by atoms with E-state index in [4.69, 9.17) is 14.2 Å². The number of Topliss-reactive ketones (excluding diaryl/α,β-unsaturated/α-hetero) is 1. The van der Waals surface area contributed by atoms with Crippen LogP contribution in [0, 0.1) is 23.8 Å². The van der Waals surface area contributed by atoms with Crippen LogP contribution in [-0.4, -0.2) is 89.2 Å². The molecule has 2 atom stereocenters. The summed E-state index contributed by atoms with van der Waals surface area (Å²) in [6.45, 7) is 2.56. The van der Waals surface area contributed by atoms with Gasteiger partial charge in [0, 0.05) is 41.5 Å². The van der Waals surface area contributed by atoms with Gasteiger partial charge in [-0.1, -0.05) is 31.2 Å². The fraction of sp³-hybridized carbons (Fsp3) is 0.565. The number of alkyl halides is 4. The van der Waals surface area contributed by atoms with Crippen molar-refractivity contribution < 1.29 is 73.8 Å². The van der Waals surface area contributed by atoms with Crippen LogP contribution in [0.15, 0.2) is 59.0 Å². The molecule has 0 spiro atoms. The lowest BCUT2D eigenvalue weighted by atomic mass is 9.54. The van der Waals surface area contributed by atoms with Gasteiger partial charge in [0.2, 0.25) is 0 Å². The van der Waals surface area contributed by atoms with Gasteiger partial charge in [-0.2, -0.15) is 17.6 Å². The van der Waals surface area contributed by atoms with Crippen LogP contribution in [0.25, 0.3) is 11.1 Å². The van der Waals surface area contributed by atoms with Gasteiger partial charge in [0.15, 0.2) is 28.4 Å². The van der Waals surface area contributed by atoms with E-state index in [2.05, 4.69) is 10.8 Å². The molecule has 18 heteroatoms. The van der Waals surface area contributed by atoms with Crippen LogP contribution < -0.4 is 4.74 Å². The van der Waals surface area contributed by atoms with E-state index in [1.807, 2.05) is 43.3 Å². The number of fused-ring (bicyclic) bond motifs is 2. The van der Waals surface area contributed by atoms with Crippen LogP contribution in [0.1, 0.15) is 119 Å². The highest BCUT2D eigenvalue weighted by molar-refractivity contribution is 8.00. The minimum Gasteiger partial charge on any atom is -0.743 e. The van der Waals surface area contributed by atoms with E-state index in [0.29, 0.717) is 36.3 Å². The van der Waals surface area contributed by atoms with Gasteiger partial charge >= 0.3 is 29.1 Å². The molecule has 2 aromatic carbocycles. The number of hydrogen-bond acceptors (Lipinski definition) is 13. The van der Waals surface area contributed by atoms with E-state index in [0.717, 1.165) is 86.0 Å². The first-order chi connectivity index (χ1) is 30.0. The van der Waals surface area contributed by atoms with Gasteiger partial charge in [0.25, 0.3) is 5.78 Å². The second-order valence-electron chi connectivity index (χ2n) is 17.5. The molecule has 2 unspecified atom stereocenters. The van der Waals surface area contributed by atoms with Gasteiger partial charge in [-0.15, -0.1) is 11.8 Å². The monoisotopic (exact) mass is 936 g/mol. The van der Waals surface area contributed by atoms with Crippen LogP contribution in [0.2, 0.25) is 0 Å². The minimum atomic E-state index is -6.57. The molecule has 5 saturated carbocycles. The summed E-state index contributed by atoms with van der Waals surface area (Å²) in [6, 6.07) is 10.8. The lowest BCUT2D eigenvalue weighted by Crippen LogP contribution is -2.54. The number of para-hydroxylation sites is 1. The largest absolute Gasteiger partial charge is 0.743 e. The molecule has 64 heavy (non-hydrogen) atoms. The van der Waals surface area contributed by atoms with Crippen molar-refractivity contribution in [3.05, 3.63) is 71.3 Å². The molecule has 0 saturated heterocycles. The van der Waals surface area contributed by atoms with Crippen LogP contribution in [0.5, 0.6) is 5.75 Å². The topological polar surface area (TPSA) is 183 Å². The Kier molecular flexibility index (Phi) is 14.8. The lowest BCUT2D eigenvalue weighted by molar-refractivity contribution is -0.222. The van der Waals surface area contributed by atoms with E-state index < -0.39 is 57.5 Å². The maximum absolute atomic E-state index is 13.2. The third-order valence-corrected chi connectivity index (χ3v) is 15.2. The Labute approximate surface area is 374 Å². The average Bonchev–Trinajstić information content (AvgIpc) is 3.70. The number of ketones is 1. The zero-order valence-corrected chi connectivity index (χ0v) is 37.6. The summed E-state index contributed by atoms with van der Waals surface area (Å²) in [6.07, 6.45) is 17.1. The van der Waals surface area contributed by atoms with Crippen molar-refractivity contribution in [3.8, 4) is 16.9 Å². The highest BCUT2D eigenvalue weighted by atomic mass is 32.2. The third-order valence-electron chi connectivity index (χ3n) is 12.9. The summed E-state index contributed by atoms with van der Waals surface area (Å²) in [4.78, 5) is 49.8. The fourth-order valence-corrected chi connectivity index (χ4v) is 12.0.